The van der Waals surface area contributed by atoms with Crippen LogP contribution in [0.4, 0.5) is 18.9 Å². The summed E-state index contributed by atoms with van der Waals surface area (Å²) < 4.78 is 73.7. The first-order chi connectivity index (χ1) is 17.0. The van der Waals surface area contributed by atoms with Gasteiger partial charge in [-0.15, -0.1) is 0 Å². The zero-order valence-corrected chi connectivity index (χ0v) is 19.4. The van der Waals surface area contributed by atoms with E-state index in [1.807, 2.05) is 0 Å². The number of anilines is 1. The smallest absolute Gasteiger partial charge is 0.416 e. The van der Waals surface area contributed by atoms with Crippen molar-refractivity contribution in [3.05, 3.63) is 77.9 Å². The molecule has 0 fully saturated rings. The minimum absolute atomic E-state index is 0.0126. The molecule has 0 spiro atoms. The predicted molar refractivity (Wildman–Crippen MR) is 125 cm³/mol. The maximum Gasteiger partial charge on any atom is 0.416 e. The van der Waals surface area contributed by atoms with E-state index in [0.717, 1.165) is 22.5 Å². The van der Waals surface area contributed by atoms with Gasteiger partial charge in [-0.05, 0) is 54.5 Å². The summed E-state index contributed by atoms with van der Waals surface area (Å²) in [4.78, 5) is 18.4. The normalized spacial score (nSPS) is 16.0. The van der Waals surface area contributed by atoms with Gasteiger partial charge in [0, 0.05) is 12.6 Å². The molecule has 0 saturated carbocycles. The van der Waals surface area contributed by atoms with E-state index in [4.69, 9.17) is 9.84 Å². The molecule has 0 amide bonds. The minimum Gasteiger partial charge on any atom is -0.486 e. The topological polar surface area (TPSA) is 110 Å². The molecule has 1 unspecified atom stereocenters. The summed E-state index contributed by atoms with van der Waals surface area (Å²) in [7, 11) is -4.45. The average molecular weight is 520 g/mol. The van der Waals surface area contributed by atoms with Crippen molar-refractivity contribution in [2.24, 2.45) is 0 Å². The number of carboxylic acid groups (broad SMARTS) is 1. The second-order valence-corrected chi connectivity index (χ2v) is 9.79. The Bertz CT molecular complexity index is 1400. The van der Waals surface area contributed by atoms with Crippen molar-refractivity contribution >= 4 is 33.8 Å². The molecule has 2 heterocycles. The van der Waals surface area contributed by atoms with Gasteiger partial charge in [-0.3, -0.25) is 9.10 Å². The molecule has 1 aliphatic rings. The number of alkyl halides is 3. The van der Waals surface area contributed by atoms with Crippen LogP contribution in [0.2, 0.25) is 0 Å². The Labute approximate surface area is 204 Å². The number of aliphatic carboxylic acids is 1. The zero-order valence-electron chi connectivity index (χ0n) is 18.6. The summed E-state index contributed by atoms with van der Waals surface area (Å²) in [6, 6.07) is 9.90. The van der Waals surface area contributed by atoms with Crippen molar-refractivity contribution in [3.63, 3.8) is 0 Å². The van der Waals surface area contributed by atoms with Crippen LogP contribution in [0.25, 0.3) is 12.2 Å². The number of hydrogen-bond donors (Lipinski definition) is 1. The van der Waals surface area contributed by atoms with Gasteiger partial charge in [0.15, 0.2) is 0 Å². The van der Waals surface area contributed by atoms with E-state index >= 15 is 0 Å². The number of ether oxygens (including phenoxy) is 1. The van der Waals surface area contributed by atoms with Crippen LogP contribution in [0.1, 0.15) is 29.7 Å². The first-order valence-corrected chi connectivity index (χ1v) is 12.1. The maximum atomic E-state index is 13.6. The Balaban J connectivity index is 1.75. The highest BCUT2D eigenvalue weighted by Crippen LogP contribution is 2.39. The summed E-state index contributed by atoms with van der Waals surface area (Å²) in [6.07, 6.45) is 0.530. The van der Waals surface area contributed by atoms with Crippen molar-refractivity contribution in [2.75, 3.05) is 10.8 Å². The van der Waals surface area contributed by atoms with Crippen molar-refractivity contribution in [1.82, 2.24) is 9.97 Å². The number of carboxylic acids is 1. The lowest BCUT2D eigenvalue weighted by Gasteiger charge is -2.35. The summed E-state index contributed by atoms with van der Waals surface area (Å²) in [6.45, 7) is -0.266. The number of rotatable bonds is 7. The molecule has 12 heteroatoms. The van der Waals surface area contributed by atoms with E-state index in [-0.39, 0.29) is 30.8 Å². The largest absolute Gasteiger partial charge is 0.486 e. The molecule has 2 aromatic carbocycles. The third-order valence-electron chi connectivity index (χ3n) is 5.40. The van der Waals surface area contributed by atoms with E-state index in [1.165, 1.54) is 18.5 Å². The fourth-order valence-corrected chi connectivity index (χ4v) is 5.18. The SMILES string of the molecule is O=C(O)CCC1CN(S(=O)(=O)c2cccc(C(F)(F)F)c2)c2cc(C=Cc3ccncn3)ccc2O1. The predicted octanol–water partition coefficient (Wildman–Crippen LogP) is 4.49. The van der Waals surface area contributed by atoms with E-state index in [1.54, 1.807) is 30.5 Å². The Morgan fingerprint density at radius 2 is 1.97 bits per heavy atom. The molecule has 1 aliphatic heterocycles. The fraction of sp³-hybridized carbons (Fsp3) is 0.208. The first-order valence-electron chi connectivity index (χ1n) is 10.7. The lowest BCUT2D eigenvalue weighted by molar-refractivity contribution is -0.138. The minimum atomic E-state index is -4.72. The molecule has 0 bridgehead atoms. The van der Waals surface area contributed by atoms with Crippen molar-refractivity contribution < 1.29 is 36.2 Å². The van der Waals surface area contributed by atoms with Crippen LogP contribution >= 0.6 is 0 Å². The van der Waals surface area contributed by atoms with Crippen LogP contribution in [0.5, 0.6) is 5.75 Å². The fourth-order valence-electron chi connectivity index (χ4n) is 3.64. The van der Waals surface area contributed by atoms with E-state index < -0.39 is 38.7 Å². The van der Waals surface area contributed by atoms with Gasteiger partial charge < -0.3 is 9.84 Å². The number of hydrogen-bond acceptors (Lipinski definition) is 6. The number of nitrogens with zero attached hydrogens (tertiary/aromatic N) is 3. The van der Waals surface area contributed by atoms with Gasteiger partial charge in [0.25, 0.3) is 10.0 Å². The number of aromatic nitrogens is 2. The van der Waals surface area contributed by atoms with Crippen molar-refractivity contribution in [3.8, 4) is 5.75 Å². The molecule has 36 heavy (non-hydrogen) atoms. The number of fused-ring (bicyclic) bond motifs is 1. The monoisotopic (exact) mass is 519 g/mol. The van der Waals surface area contributed by atoms with Gasteiger partial charge in [-0.1, -0.05) is 18.2 Å². The molecular formula is C24H20F3N3O5S. The molecule has 1 N–H and O–H groups in total. The highest BCUT2D eigenvalue weighted by Gasteiger charge is 2.37. The quantitative estimate of drug-likeness (QED) is 0.490. The van der Waals surface area contributed by atoms with Crippen LogP contribution in [-0.2, 0) is 21.0 Å². The highest BCUT2D eigenvalue weighted by molar-refractivity contribution is 7.92. The maximum absolute atomic E-state index is 13.6. The van der Waals surface area contributed by atoms with Crippen LogP contribution in [0.15, 0.2) is 66.0 Å². The van der Waals surface area contributed by atoms with Crippen LogP contribution in [0.3, 0.4) is 0 Å². The number of sulfonamides is 1. The summed E-state index contributed by atoms with van der Waals surface area (Å²) in [5, 5.41) is 9.03. The van der Waals surface area contributed by atoms with E-state index in [0.29, 0.717) is 17.3 Å². The van der Waals surface area contributed by atoms with Gasteiger partial charge >= 0.3 is 12.1 Å². The van der Waals surface area contributed by atoms with Gasteiger partial charge in [0.1, 0.15) is 18.2 Å². The summed E-state index contributed by atoms with van der Waals surface area (Å²) in [5.74, 6) is -0.909. The van der Waals surface area contributed by atoms with Gasteiger partial charge in [0.2, 0.25) is 0 Å². The number of benzene rings is 2. The molecule has 0 aliphatic carbocycles. The lowest BCUT2D eigenvalue weighted by Crippen LogP contribution is -2.43. The zero-order chi connectivity index (χ0) is 25.9. The Morgan fingerprint density at radius 3 is 2.67 bits per heavy atom. The van der Waals surface area contributed by atoms with E-state index in [2.05, 4.69) is 9.97 Å². The lowest BCUT2D eigenvalue weighted by atomic mass is 10.1. The Kier molecular flexibility index (Phi) is 6.97. The summed E-state index contributed by atoms with van der Waals surface area (Å²) >= 11 is 0. The molecule has 1 atom stereocenters. The van der Waals surface area contributed by atoms with Crippen molar-refractivity contribution in [1.29, 1.82) is 0 Å². The van der Waals surface area contributed by atoms with Gasteiger partial charge in [-0.2, -0.15) is 13.2 Å². The molecule has 3 aromatic rings. The van der Waals surface area contributed by atoms with Crippen LogP contribution in [-0.4, -0.2) is 42.1 Å². The number of halogens is 3. The molecule has 0 radical (unpaired) electrons. The second-order valence-electron chi connectivity index (χ2n) is 7.93. The molecule has 0 saturated heterocycles. The molecule has 4 rings (SSSR count). The molecular weight excluding hydrogens is 499 g/mol. The number of carbonyl (C=O) groups is 1. The third-order valence-corrected chi connectivity index (χ3v) is 7.17. The molecule has 188 valence electrons. The second kappa shape index (κ2) is 9.97. The Morgan fingerprint density at radius 1 is 1.17 bits per heavy atom. The average Bonchev–Trinajstić information content (AvgIpc) is 2.85. The Hall–Kier alpha value is -3.93. The van der Waals surface area contributed by atoms with Crippen molar-refractivity contribution in [2.45, 2.75) is 30.0 Å². The highest BCUT2D eigenvalue weighted by atomic mass is 32.2. The first kappa shape index (κ1) is 25.2. The van der Waals surface area contributed by atoms with Crippen LogP contribution < -0.4 is 9.04 Å². The van der Waals surface area contributed by atoms with Crippen LogP contribution in [0, 0.1) is 0 Å². The van der Waals surface area contributed by atoms with Gasteiger partial charge in [-0.25, -0.2) is 18.4 Å². The molecule has 1 aromatic heterocycles. The van der Waals surface area contributed by atoms with E-state index in [9.17, 15) is 26.4 Å². The standard InChI is InChI=1S/C24H20F3N3O5S/c25-24(26,27)17-2-1-3-20(13-17)36(33,34)30-14-19(7-9-23(31)32)35-22-8-5-16(12-21(22)30)4-6-18-10-11-28-15-29-18/h1-6,8,10-13,15,19H,7,9,14H2,(H,31,32). The summed E-state index contributed by atoms with van der Waals surface area (Å²) in [5.41, 5.74) is 0.232. The van der Waals surface area contributed by atoms with Gasteiger partial charge in [0.05, 0.1) is 28.4 Å². The molecule has 8 nitrogen and oxygen atoms in total. The third kappa shape index (κ3) is 5.65.